The van der Waals surface area contributed by atoms with Gasteiger partial charge in [-0.15, -0.1) is 0 Å². The monoisotopic (exact) mass is 310 g/mol. The van der Waals surface area contributed by atoms with Gasteiger partial charge in [-0.2, -0.15) is 0 Å². The highest BCUT2D eigenvalue weighted by atomic mass is 35.5. The fourth-order valence-electron chi connectivity index (χ4n) is 1.84. The number of halogens is 1. The Labute approximate surface area is 126 Å². The number of nitrogens with one attached hydrogen (secondary N) is 1. The lowest BCUT2D eigenvalue weighted by atomic mass is 10.2. The maximum atomic E-state index is 11.1. The molecule has 2 rings (SSSR count). The van der Waals surface area contributed by atoms with Crippen LogP contribution in [0, 0.1) is 10.1 Å². The second kappa shape index (κ2) is 6.55. The first-order valence-electron chi connectivity index (χ1n) is 6.23. The van der Waals surface area contributed by atoms with Crippen LogP contribution in [0.4, 0.5) is 5.69 Å². The molecule has 0 radical (unpaired) electrons. The molecule has 1 aromatic carbocycles. The summed E-state index contributed by atoms with van der Waals surface area (Å²) in [7, 11) is 3.53. The summed E-state index contributed by atoms with van der Waals surface area (Å²) in [5.41, 5.74) is 0.750. The van der Waals surface area contributed by atoms with E-state index in [1.54, 1.807) is 30.8 Å². The molecular formula is C13H15ClN4O3. The molecular weight excluding hydrogens is 296 g/mol. The van der Waals surface area contributed by atoms with E-state index in [1.807, 2.05) is 0 Å². The van der Waals surface area contributed by atoms with Crippen molar-refractivity contribution in [2.24, 2.45) is 7.05 Å². The topological polar surface area (TPSA) is 82.2 Å². The summed E-state index contributed by atoms with van der Waals surface area (Å²) in [4.78, 5) is 14.7. The Bertz CT molecular complexity index is 657. The molecule has 7 nitrogen and oxygen atoms in total. The van der Waals surface area contributed by atoms with Crippen LogP contribution >= 0.6 is 11.6 Å². The van der Waals surface area contributed by atoms with Crippen molar-refractivity contribution in [3.63, 3.8) is 0 Å². The minimum atomic E-state index is -0.458. The first kappa shape index (κ1) is 15.3. The van der Waals surface area contributed by atoms with Crippen LogP contribution in [0.25, 0.3) is 0 Å². The largest absolute Gasteiger partial charge is 0.479 e. The number of hydrogen-bond donors (Lipinski definition) is 1. The fraction of sp³-hybridized carbons (Fsp3) is 0.308. The van der Waals surface area contributed by atoms with Crippen LogP contribution < -0.4 is 10.1 Å². The van der Waals surface area contributed by atoms with E-state index >= 15 is 0 Å². The van der Waals surface area contributed by atoms with E-state index < -0.39 is 4.92 Å². The van der Waals surface area contributed by atoms with Crippen molar-refractivity contribution in [2.75, 3.05) is 7.05 Å². The quantitative estimate of drug-likeness (QED) is 0.654. The first-order valence-corrected chi connectivity index (χ1v) is 6.61. The molecule has 1 N–H and O–H groups in total. The third-order valence-corrected chi connectivity index (χ3v) is 3.34. The number of nitrogens with zero attached hydrogens (tertiary/aromatic N) is 3. The third-order valence-electron chi connectivity index (χ3n) is 2.99. The molecule has 8 heteroatoms. The van der Waals surface area contributed by atoms with Crippen molar-refractivity contribution >= 4 is 17.3 Å². The van der Waals surface area contributed by atoms with E-state index in [2.05, 4.69) is 10.3 Å². The van der Waals surface area contributed by atoms with E-state index in [1.165, 1.54) is 12.3 Å². The molecule has 0 saturated carbocycles. The van der Waals surface area contributed by atoms with E-state index in [-0.39, 0.29) is 18.0 Å². The van der Waals surface area contributed by atoms with Gasteiger partial charge in [0.25, 0.3) is 0 Å². The molecule has 21 heavy (non-hydrogen) atoms. The maximum Gasteiger partial charge on any atom is 0.311 e. The van der Waals surface area contributed by atoms with Crippen LogP contribution in [0.2, 0.25) is 5.15 Å². The molecule has 0 saturated heterocycles. The van der Waals surface area contributed by atoms with Crippen LogP contribution in [0.3, 0.4) is 0 Å². The summed E-state index contributed by atoms with van der Waals surface area (Å²) in [6.45, 7) is 0.658. The molecule has 0 aliphatic rings. The average Bonchev–Trinajstić information content (AvgIpc) is 2.77. The van der Waals surface area contributed by atoms with Gasteiger partial charge >= 0.3 is 5.69 Å². The molecule has 0 aliphatic heterocycles. The van der Waals surface area contributed by atoms with Crippen molar-refractivity contribution in [1.29, 1.82) is 0 Å². The normalized spacial score (nSPS) is 10.6. The zero-order chi connectivity index (χ0) is 15.4. The Morgan fingerprint density at radius 2 is 2.29 bits per heavy atom. The van der Waals surface area contributed by atoms with Crippen molar-refractivity contribution in [3.05, 3.63) is 51.1 Å². The van der Waals surface area contributed by atoms with Gasteiger partial charge in [0.2, 0.25) is 0 Å². The van der Waals surface area contributed by atoms with Gasteiger partial charge < -0.3 is 14.6 Å². The van der Waals surface area contributed by atoms with E-state index in [0.29, 0.717) is 17.5 Å². The number of nitro benzene ring substituents is 1. The summed E-state index contributed by atoms with van der Waals surface area (Å²) in [6, 6.07) is 4.87. The van der Waals surface area contributed by atoms with Gasteiger partial charge in [0, 0.05) is 19.7 Å². The van der Waals surface area contributed by atoms with Gasteiger partial charge in [-0.1, -0.05) is 17.7 Å². The molecule has 0 unspecified atom stereocenters. The van der Waals surface area contributed by atoms with Crippen molar-refractivity contribution in [2.45, 2.75) is 13.2 Å². The summed E-state index contributed by atoms with van der Waals surface area (Å²) in [6.07, 6.45) is 1.50. The standard InChI is InChI=1S/C13H15ClN4O3/c1-15-6-9-3-4-11(10(5-9)18(19)20)21-8-13-16-7-12(14)17(13)2/h3-5,7,15H,6,8H2,1-2H3. The number of rotatable bonds is 6. The van der Waals surface area contributed by atoms with Gasteiger partial charge in [0.1, 0.15) is 17.6 Å². The predicted octanol–water partition coefficient (Wildman–Crippen LogP) is 2.28. The highest BCUT2D eigenvalue weighted by Gasteiger charge is 2.17. The SMILES string of the molecule is CNCc1ccc(OCc2ncc(Cl)n2C)c([N+](=O)[O-])c1. The Kier molecular flexibility index (Phi) is 4.77. The van der Waals surface area contributed by atoms with Crippen molar-refractivity contribution < 1.29 is 9.66 Å². The Balaban J connectivity index is 2.19. The van der Waals surface area contributed by atoms with Crippen molar-refractivity contribution in [3.8, 4) is 5.75 Å². The fourth-order valence-corrected chi connectivity index (χ4v) is 1.99. The molecule has 0 bridgehead atoms. The van der Waals surface area contributed by atoms with Crippen LogP contribution in [0.1, 0.15) is 11.4 Å². The predicted molar refractivity (Wildman–Crippen MR) is 78.4 cm³/mol. The van der Waals surface area contributed by atoms with E-state index in [9.17, 15) is 10.1 Å². The van der Waals surface area contributed by atoms with Gasteiger partial charge in [-0.3, -0.25) is 10.1 Å². The molecule has 1 aromatic heterocycles. The second-order valence-corrected chi connectivity index (χ2v) is 4.82. The first-order chi connectivity index (χ1) is 10.0. The van der Waals surface area contributed by atoms with Crippen LogP contribution in [0.15, 0.2) is 24.4 Å². The minimum absolute atomic E-state index is 0.0666. The zero-order valence-corrected chi connectivity index (χ0v) is 12.4. The van der Waals surface area contributed by atoms with E-state index in [4.69, 9.17) is 16.3 Å². The van der Waals surface area contributed by atoms with E-state index in [0.717, 1.165) is 5.56 Å². The lowest BCUT2D eigenvalue weighted by Crippen LogP contribution is -2.07. The van der Waals surface area contributed by atoms with Gasteiger partial charge in [0.15, 0.2) is 5.75 Å². The molecule has 2 aromatic rings. The second-order valence-electron chi connectivity index (χ2n) is 4.43. The minimum Gasteiger partial charge on any atom is -0.479 e. The molecule has 0 amide bonds. The van der Waals surface area contributed by atoms with Crippen molar-refractivity contribution in [1.82, 2.24) is 14.9 Å². The highest BCUT2D eigenvalue weighted by Crippen LogP contribution is 2.28. The van der Waals surface area contributed by atoms with Gasteiger partial charge in [-0.25, -0.2) is 4.98 Å². The van der Waals surface area contributed by atoms with Gasteiger partial charge in [0.05, 0.1) is 11.1 Å². The number of aromatic nitrogens is 2. The third kappa shape index (κ3) is 3.50. The molecule has 0 aliphatic carbocycles. The Hall–Kier alpha value is -2.12. The molecule has 0 spiro atoms. The molecule has 112 valence electrons. The number of nitro groups is 1. The summed E-state index contributed by atoms with van der Waals surface area (Å²) < 4.78 is 7.16. The Morgan fingerprint density at radius 1 is 1.52 bits per heavy atom. The summed E-state index contributed by atoms with van der Waals surface area (Å²) in [5.74, 6) is 0.799. The Morgan fingerprint density at radius 3 is 2.86 bits per heavy atom. The van der Waals surface area contributed by atoms with Crippen LogP contribution in [-0.2, 0) is 20.2 Å². The van der Waals surface area contributed by atoms with Gasteiger partial charge in [-0.05, 0) is 18.7 Å². The number of ether oxygens (including phenoxy) is 1. The number of benzene rings is 1. The molecule has 0 atom stereocenters. The highest BCUT2D eigenvalue weighted by molar-refractivity contribution is 6.29. The van der Waals surface area contributed by atoms with Crippen LogP contribution in [0.5, 0.6) is 5.75 Å². The number of hydrogen-bond acceptors (Lipinski definition) is 5. The smallest absolute Gasteiger partial charge is 0.311 e. The lowest BCUT2D eigenvalue weighted by Gasteiger charge is -2.08. The average molecular weight is 311 g/mol. The number of imidazole rings is 1. The lowest BCUT2D eigenvalue weighted by molar-refractivity contribution is -0.386. The summed E-state index contributed by atoms with van der Waals surface area (Å²) in [5, 5.41) is 14.5. The molecule has 0 fully saturated rings. The van der Waals surface area contributed by atoms with Crippen LogP contribution in [-0.4, -0.2) is 21.5 Å². The maximum absolute atomic E-state index is 11.1. The zero-order valence-electron chi connectivity index (χ0n) is 11.7. The summed E-state index contributed by atoms with van der Waals surface area (Å²) >= 11 is 5.88. The molecule has 1 heterocycles.